The molecular weight excluding hydrogens is 278 g/mol. The quantitative estimate of drug-likeness (QED) is 0.873. The molecule has 22 heavy (non-hydrogen) atoms. The summed E-state index contributed by atoms with van der Waals surface area (Å²) in [6.45, 7) is 3.22. The lowest BCUT2D eigenvalue weighted by atomic mass is 9.95. The minimum atomic E-state index is -0.0160. The maximum atomic E-state index is 12.2. The summed E-state index contributed by atoms with van der Waals surface area (Å²) in [6.07, 6.45) is 2.66. The topological polar surface area (TPSA) is 75.4 Å². The fourth-order valence-corrected chi connectivity index (χ4v) is 2.67. The molecule has 1 saturated heterocycles. The molecule has 1 aliphatic rings. The highest BCUT2D eigenvalue weighted by molar-refractivity contribution is 5.92. The molecule has 0 bridgehead atoms. The van der Waals surface area contributed by atoms with Gasteiger partial charge in [0.2, 0.25) is 11.8 Å². The van der Waals surface area contributed by atoms with E-state index in [0.717, 1.165) is 18.5 Å². The third kappa shape index (κ3) is 4.84. The fraction of sp³-hybridized carbons (Fsp3) is 0.529. The van der Waals surface area contributed by atoms with Crippen LogP contribution in [0, 0.1) is 5.92 Å². The Bertz CT molecular complexity index is 494. The summed E-state index contributed by atoms with van der Waals surface area (Å²) < 4.78 is 0. The Hall–Kier alpha value is -1.88. The highest BCUT2D eigenvalue weighted by atomic mass is 16.2. The van der Waals surface area contributed by atoms with E-state index in [9.17, 15) is 9.59 Å². The number of anilines is 1. The number of hydrogen-bond acceptors (Lipinski definition) is 3. The van der Waals surface area contributed by atoms with Crippen LogP contribution in [0.2, 0.25) is 0 Å². The highest BCUT2D eigenvalue weighted by Gasteiger charge is 2.27. The molecule has 120 valence electrons. The molecule has 1 aliphatic heterocycles. The molecule has 0 aliphatic carbocycles. The Morgan fingerprint density at radius 2 is 1.91 bits per heavy atom. The molecule has 1 aromatic carbocycles. The normalized spacial score (nSPS) is 17.1. The van der Waals surface area contributed by atoms with Crippen molar-refractivity contribution in [3.63, 3.8) is 0 Å². The third-order valence-corrected chi connectivity index (χ3v) is 4.07. The van der Waals surface area contributed by atoms with Gasteiger partial charge in [0, 0.05) is 37.2 Å². The second-order valence-corrected chi connectivity index (χ2v) is 6.03. The summed E-state index contributed by atoms with van der Waals surface area (Å²) in [5, 5.41) is 2.94. The number of nitrogens with one attached hydrogen (secondary N) is 1. The highest BCUT2D eigenvalue weighted by Crippen LogP contribution is 2.20. The van der Waals surface area contributed by atoms with Gasteiger partial charge < -0.3 is 16.0 Å². The summed E-state index contributed by atoms with van der Waals surface area (Å²) in [5.41, 5.74) is 6.50. The van der Waals surface area contributed by atoms with Crippen LogP contribution >= 0.6 is 0 Å². The molecule has 0 saturated carbocycles. The molecule has 1 aromatic rings. The maximum absolute atomic E-state index is 12.2. The third-order valence-electron chi connectivity index (χ3n) is 4.07. The zero-order valence-electron chi connectivity index (χ0n) is 13.1. The van der Waals surface area contributed by atoms with Crippen LogP contribution in [0.15, 0.2) is 30.3 Å². The molecule has 0 spiro atoms. The van der Waals surface area contributed by atoms with Crippen molar-refractivity contribution in [2.75, 3.05) is 18.4 Å². The molecule has 1 atom stereocenters. The van der Waals surface area contributed by atoms with Gasteiger partial charge in [-0.1, -0.05) is 18.2 Å². The Morgan fingerprint density at radius 3 is 2.50 bits per heavy atom. The van der Waals surface area contributed by atoms with Crippen LogP contribution in [-0.2, 0) is 9.59 Å². The predicted octanol–water partition coefficient (Wildman–Crippen LogP) is 1.99. The van der Waals surface area contributed by atoms with Crippen LogP contribution in [-0.4, -0.2) is 35.8 Å². The second-order valence-electron chi connectivity index (χ2n) is 6.03. The first-order chi connectivity index (χ1) is 10.6. The zero-order chi connectivity index (χ0) is 15.9. The minimum absolute atomic E-state index is 0.0160. The van der Waals surface area contributed by atoms with Crippen LogP contribution in [0.25, 0.3) is 0 Å². The number of amides is 2. The largest absolute Gasteiger partial charge is 0.343 e. The average Bonchev–Trinajstić information content (AvgIpc) is 2.53. The van der Waals surface area contributed by atoms with Gasteiger partial charge in [-0.05, 0) is 38.3 Å². The minimum Gasteiger partial charge on any atom is -0.343 e. The van der Waals surface area contributed by atoms with E-state index in [4.69, 9.17) is 5.73 Å². The van der Waals surface area contributed by atoms with E-state index in [1.165, 1.54) is 0 Å². The van der Waals surface area contributed by atoms with Gasteiger partial charge in [0.15, 0.2) is 0 Å². The number of nitrogens with two attached hydrogens (primary N) is 1. The van der Waals surface area contributed by atoms with Crippen molar-refractivity contribution in [1.82, 2.24) is 4.90 Å². The Morgan fingerprint density at radius 1 is 1.27 bits per heavy atom. The first-order valence-electron chi connectivity index (χ1n) is 7.95. The van der Waals surface area contributed by atoms with E-state index in [1.54, 1.807) is 0 Å². The van der Waals surface area contributed by atoms with Crippen molar-refractivity contribution in [2.24, 2.45) is 11.7 Å². The lowest BCUT2D eigenvalue weighted by Crippen LogP contribution is -2.41. The van der Waals surface area contributed by atoms with E-state index in [2.05, 4.69) is 5.32 Å². The smallest absolute Gasteiger partial charge is 0.227 e. The molecule has 1 heterocycles. The van der Waals surface area contributed by atoms with E-state index in [1.807, 2.05) is 42.2 Å². The number of para-hydroxylation sites is 1. The second kappa shape index (κ2) is 7.94. The Balaban J connectivity index is 1.77. The summed E-state index contributed by atoms with van der Waals surface area (Å²) in [6, 6.07) is 9.53. The molecule has 1 unspecified atom stereocenters. The van der Waals surface area contributed by atoms with Crippen molar-refractivity contribution in [3.05, 3.63) is 30.3 Å². The van der Waals surface area contributed by atoms with Gasteiger partial charge in [0.25, 0.3) is 0 Å². The molecule has 2 rings (SSSR count). The number of nitrogens with zero attached hydrogens (tertiary/aromatic N) is 1. The SMILES string of the molecule is CC(N)CCC(=O)N1CCC(C(=O)Nc2ccccc2)CC1. The Labute approximate surface area is 131 Å². The van der Waals surface area contributed by atoms with Crippen LogP contribution in [0.4, 0.5) is 5.69 Å². The van der Waals surface area contributed by atoms with Gasteiger partial charge in [-0.15, -0.1) is 0 Å². The van der Waals surface area contributed by atoms with Gasteiger partial charge in [-0.2, -0.15) is 0 Å². The van der Waals surface area contributed by atoms with Gasteiger partial charge >= 0.3 is 0 Å². The fourth-order valence-electron chi connectivity index (χ4n) is 2.67. The van der Waals surface area contributed by atoms with E-state index >= 15 is 0 Å². The van der Waals surface area contributed by atoms with Crippen LogP contribution in [0.5, 0.6) is 0 Å². The van der Waals surface area contributed by atoms with E-state index in [-0.39, 0.29) is 23.8 Å². The molecule has 2 amide bonds. The number of benzene rings is 1. The van der Waals surface area contributed by atoms with Gasteiger partial charge in [-0.25, -0.2) is 0 Å². The predicted molar refractivity (Wildman–Crippen MR) is 87.3 cm³/mol. The standard InChI is InChI=1S/C17H25N3O2/c1-13(18)7-8-16(21)20-11-9-14(10-12-20)17(22)19-15-5-3-2-4-6-15/h2-6,13-14H,7-12,18H2,1H3,(H,19,22). The van der Waals surface area contributed by atoms with Crippen molar-refractivity contribution in [2.45, 2.75) is 38.6 Å². The molecule has 1 fully saturated rings. The molecule has 0 aromatic heterocycles. The Kier molecular flexibility index (Phi) is 5.95. The summed E-state index contributed by atoms with van der Waals surface area (Å²) in [4.78, 5) is 26.1. The molecule has 5 nitrogen and oxygen atoms in total. The lowest BCUT2D eigenvalue weighted by Gasteiger charge is -2.31. The number of carbonyl (C=O) groups is 2. The number of carbonyl (C=O) groups excluding carboxylic acids is 2. The van der Waals surface area contributed by atoms with Crippen molar-refractivity contribution < 1.29 is 9.59 Å². The molecular formula is C17H25N3O2. The molecule has 3 N–H and O–H groups in total. The van der Waals surface area contributed by atoms with E-state index in [0.29, 0.717) is 25.9 Å². The van der Waals surface area contributed by atoms with Gasteiger partial charge in [-0.3, -0.25) is 9.59 Å². The van der Waals surface area contributed by atoms with Crippen molar-refractivity contribution in [3.8, 4) is 0 Å². The summed E-state index contributed by atoms with van der Waals surface area (Å²) in [7, 11) is 0. The summed E-state index contributed by atoms with van der Waals surface area (Å²) in [5.74, 6) is 0.186. The first kappa shape index (κ1) is 16.5. The zero-order valence-corrected chi connectivity index (χ0v) is 13.1. The average molecular weight is 303 g/mol. The number of hydrogen-bond donors (Lipinski definition) is 2. The van der Waals surface area contributed by atoms with Crippen LogP contribution in [0.3, 0.4) is 0 Å². The number of piperidine rings is 1. The van der Waals surface area contributed by atoms with E-state index < -0.39 is 0 Å². The van der Waals surface area contributed by atoms with Gasteiger partial charge in [0.1, 0.15) is 0 Å². The maximum Gasteiger partial charge on any atom is 0.227 e. The summed E-state index contributed by atoms with van der Waals surface area (Å²) >= 11 is 0. The lowest BCUT2D eigenvalue weighted by molar-refractivity contribution is -0.134. The number of rotatable bonds is 5. The van der Waals surface area contributed by atoms with Crippen molar-refractivity contribution in [1.29, 1.82) is 0 Å². The first-order valence-corrected chi connectivity index (χ1v) is 7.95. The molecule has 0 radical (unpaired) electrons. The van der Waals surface area contributed by atoms with Crippen LogP contribution < -0.4 is 11.1 Å². The van der Waals surface area contributed by atoms with Crippen molar-refractivity contribution >= 4 is 17.5 Å². The van der Waals surface area contributed by atoms with Crippen LogP contribution in [0.1, 0.15) is 32.6 Å². The van der Waals surface area contributed by atoms with Gasteiger partial charge in [0.05, 0.1) is 0 Å². The molecule has 5 heteroatoms. The monoisotopic (exact) mass is 303 g/mol. The number of likely N-dealkylation sites (tertiary alicyclic amines) is 1.